The van der Waals surface area contributed by atoms with Crippen molar-refractivity contribution in [1.29, 1.82) is 0 Å². The first-order valence-electron chi connectivity index (χ1n) is 7.97. The average molecular weight is 315 g/mol. The molecule has 0 bridgehead atoms. The third-order valence-corrected chi connectivity index (χ3v) is 3.95. The first-order valence-corrected chi connectivity index (χ1v) is 7.97. The Morgan fingerprint density at radius 1 is 1.39 bits per heavy atom. The molecular weight excluding hydrogens is 294 g/mol. The van der Waals surface area contributed by atoms with Gasteiger partial charge in [0.2, 0.25) is 0 Å². The lowest BCUT2D eigenvalue weighted by atomic mass is 10.1. The van der Waals surface area contributed by atoms with Gasteiger partial charge in [0.25, 0.3) is 0 Å². The summed E-state index contributed by atoms with van der Waals surface area (Å²) in [4.78, 5) is 11.1. The summed E-state index contributed by atoms with van der Waals surface area (Å²) in [5.74, 6) is 0.863. The zero-order chi connectivity index (χ0) is 16.1. The van der Waals surface area contributed by atoms with E-state index < -0.39 is 0 Å². The van der Waals surface area contributed by atoms with Crippen LogP contribution in [0.3, 0.4) is 0 Å². The van der Waals surface area contributed by atoms with Gasteiger partial charge in [-0.2, -0.15) is 0 Å². The summed E-state index contributed by atoms with van der Waals surface area (Å²) in [5, 5.41) is 8.04. The molecule has 1 saturated heterocycles. The summed E-state index contributed by atoms with van der Waals surface area (Å²) in [6.07, 6.45) is 3.39. The molecule has 2 aromatic rings. The van der Waals surface area contributed by atoms with Crippen LogP contribution in [0.1, 0.15) is 47.1 Å². The number of hydrogen-bond acceptors (Lipinski definition) is 5. The maximum Gasteiger partial charge on any atom is 0.172 e. The molecule has 1 aliphatic rings. The number of rotatable bonds is 7. The Morgan fingerprint density at radius 3 is 2.91 bits per heavy atom. The van der Waals surface area contributed by atoms with Gasteiger partial charge in [0.05, 0.1) is 12.3 Å². The van der Waals surface area contributed by atoms with Crippen LogP contribution in [0.2, 0.25) is 0 Å². The van der Waals surface area contributed by atoms with Crippen molar-refractivity contribution in [3.05, 3.63) is 41.2 Å². The molecule has 0 radical (unpaired) electrons. The molecule has 122 valence electrons. The Hall–Kier alpha value is -2.21. The summed E-state index contributed by atoms with van der Waals surface area (Å²) in [5.41, 5.74) is 2.40. The number of aldehydes is 1. The molecule has 6 heteroatoms. The van der Waals surface area contributed by atoms with Crippen molar-refractivity contribution >= 4 is 6.29 Å². The van der Waals surface area contributed by atoms with Gasteiger partial charge in [0, 0.05) is 19.6 Å². The van der Waals surface area contributed by atoms with Crippen LogP contribution < -0.4 is 4.74 Å². The summed E-state index contributed by atoms with van der Waals surface area (Å²) in [6, 6.07) is 7.98. The third-order valence-electron chi connectivity index (χ3n) is 3.95. The Bertz CT molecular complexity index is 646. The highest BCUT2D eigenvalue weighted by Crippen LogP contribution is 2.29. The molecule has 1 aromatic heterocycles. The van der Waals surface area contributed by atoms with E-state index in [4.69, 9.17) is 9.47 Å². The Balaban J connectivity index is 1.56. The molecule has 3 rings (SSSR count). The number of carbonyl (C=O) groups excluding carboxylic acids is 1. The van der Waals surface area contributed by atoms with E-state index in [1.807, 2.05) is 31.2 Å². The highest BCUT2D eigenvalue weighted by molar-refractivity contribution is 5.73. The van der Waals surface area contributed by atoms with Crippen molar-refractivity contribution in [2.24, 2.45) is 0 Å². The molecule has 6 nitrogen and oxygen atoms in total. The second-order valence-corrected chi connectivity index (χ2v) is 5.72. The zero-order valence-electron chi connectivity index (χ0n) is 13.3. The highest BCUT2D eigenvalue weighted by Gasteiger charge is 2.26. The molecule has 0 amide bonds. The quantitative estimate of drug-likeness (QED) is 0.580. The fourth-order valence-corrected chi connectivity index (χ4v) is 2.75. The second-order valence-electron chi connectivity index (χ2n) is 5.72. The molecular formula is C17H21N3O3. The van der Waals surface area contributed by atoms with Crippen LogP contribution in [-0.4, -0.2) is 34.5 Å². The number of aromatic nitrogens is 3. The first kappa shape index (κ1) is 15.7. The lowest BCUT2D eigenvalue weighted by Crippen LogP contribution is -2.12. The van der Waals surface area contributed by atoms with Crippen molar-refractivity contribution in [1.82, 2.24) is 15.0 Å². The SMILES string of the molecule is Cc1ccc(OCCCn2nnc(C=O)c2C2CCCO2)cc1. The molecule has 1 aliphatic heterocycles. The Labute approximate surface area is 135 Å². The second kappa shape index (κ2) is 7.37. The van der Waals surface area contributed by atoms with Gasteiger partial charge >= 0.3 is 0 Å². The number of hydrogen-bond donors (Lipinski definition) is 0. The van der Waals surface area contributed by atoms with Crippen molar-refractivity contribution in [2.45, 2.75) is 38.8 Å². The van der Waals surface area contributed by atoms with Crippen molar-refractivity contribution in [3.63, 3.8) is 0 Å². The summed E-state index contributed by atoms with van der Waals surface area (Å²) >= 11 is 0. The summed E-state index contributed by atoms with van der Waals surface area (Å²) in [6.45, 7) is 4.02. The van der Waals surface area contributed by atoms with E-state index >= 15 is 0 Å². The van der Waals surface area contributed by atoms with Crippen molar-refractivity contribution in [3.8, 4) is 5.75 Å². The monoisotopic (exact) mass is 315 g/mol. The van der Waals surface area contributed by atoms with Gasteiger partial charge in [0.15, 0.2) is 12.0 Å². The molecule has 1 fully saturated rings. The third kappa shape index (κ3) is 3.76. The topological polar surface area (TPSA) is 66.2 Å². The number of carbonyl (C=O) groups is 1. The van der Waals surface area contributed by atoms with Crippen molar-refractivity contribution in [2.75, 3.05) is 13.2 Å². The van der Waals surface area contributed by atoms with Crippen LogP contribution in [0.15, 0.2) is 24.3 Å². The number of ether oxygens (including phenoxy) is 2. The van der Waals surface area contributed by atoms with E-state index in [1.165, 1.54) is 5.56 Å². The van der Waals surface area contributed by atoms with Gasteiger partial charge in [-0.1, -0.05) is 22.9 Å². The van der Waals surface area contributed by atoms with E-state index in [0.717, 1.165) is 43.6 Å². The van der Waals surface area contributed by atoms with Crippen LogP contribution in [-0.2, 0) is 11.3 Å². The van der Waals surface area contributed by atoms with Crippen LogP contribution in [0.25, 0.3) is 0 Å². The maximum atomic E-state index is 11.1. The van der Waals surface area contributed by atoms with E-state index in [0.29, 0.717) is 18.8 Å². The molecule has 0 spiro atoms. The fraction of sp³-hybridized carbons (Fsp3) is 0.471. The van der Waals surface area contributed by atoms with Crippen LogP contribution in [0.5, 0.6) is 5.75 Å². The highest BCUT2D eigenvalue weighted by atomic mass is 16.5. The Kier molecular flexibility index (Phi) is 5.02. The predicted molar refractivity (Wildman–Crippen MR) is 84.6 cm³/mol. The molecule has 0 N–H and O–H groups in total. The Morgan fingerprint density at radius 2 is 2.22 bits per heavy atom. The van der Waals surface area contributed by atoms with Gasteiger partial charge in [-0.25, -0.2) is 4.68 Å². The maximum absolute atomic E-state index is 11.1. The van der Waals surface area contributed by atoms with Gasteiger partial charge in [-0.05, 0) is 31.9 Å². The predicted octanol–water partition coefficient (Wildman–Crippen LogP) is 2.72. The molecule has 0 aliphatic carbocycles. The van der Waals surface area contributed by atoms with E-state index in [1.54, 1.807) is 4.68 Å². The van der Waals surface area contributed by atoms with Gasteiger partial charge < -0.3 is 9.47 Å². The normalized spacial score (nSPS) is 17.3. The summed E-state index contributed by atoms with van der Waals surface area (Å²) < 4.78 is 13.2. The fourth-order valence-electron chi connectivity index (χ4n) is 2.75. The number of aryl methyl sites for hydroxylation is 2. The van der Waals surface area contributed by atoms with Gasteiger partial charge in [0.1, 0.15) is 11.9 Å². The first-order chi connectivity index (χ1) is 11.3. The molecule has 0 saturated carbocycles. The van der Waals surface area contributed by atoms with Crippen LogP contribution in [0, 0.1) is 6.92 Å². The van der Waals surface area contributed by atoms with Gasteiger partial charge in [-0.15, -0.1) is 5.10 Å². The van der Waals surface area contributed by atoms with Crippen LogP contribution in [0.4, 0.5) is 0 Å². The summed E-state index contributed by atoms with van der Waals surface area (Å²) in [7, 11) is 0. The lowest BCUT2D eigenvalue weighted by molar-refractivity contribution is 0.100. The lowest BCUT2D eigenvalue weighted by Gasteiger charge is -2.12. The minimum atomic E-state index is -0.0665. The largest absolute Gasteiger partial charge is 0.494 e. The molecule has 1 unspecified atom stereocenters. The molecule has 2 heterocycles. The van der Waals surface area contributed by atoms with E-state index in [-0.39, 0.29) is 6.10 Å². The van der Waals surface area contributed by atoms with Crippen LogP contribution >= 0.6 is 0 Å². The minimum Gasteiger partial charge on any atom is -0.494 e. The zero-order valence-corrected chi connectivity index (χ0v) is 13.3. The molecule has 1 aromatic carbocycles. The number of benzene rings is 1. The van der Waals surface area contributed by atoms with Crippen molar-refractivity contribution < 1.29 is 14.3 Å². The smallest absolute Gasteiger partial charge is 0.172 e. The van der Waals surface area contributed by atoms with Gasteiger partial charge in [-0.3, -0.25) is 4.79 Å². The standard InChI is InChI=1S/C17H21N3O3/c1-13-5-7-14(8-6-13)22-11-3-9-20-17(15(12-21)18-19-20)16-4-2-10-23-16/h5-8,12,16H,2-4,9-11H2,1H3. The number of nitrogens with zero attached hydrogens (tertiary/aromatic N) is 3. The van der Waals surface area contributed by atoms with E-state index in [2.05, 4.69) is 10.3 Å². The minimum absolute atomic E-state index is 0.0665. The average Bonchev–Trinajstić information content (AvgIpc) is 3.22. The molecule has 1 atom stereocenters. The molecule has 23 heavy (non-hydrogen) atoms. The van der Waals surface area contributed by atoms with E-state index in [9.17, 15) is 4.79 Å².